The molecule has 1 aromatic carbocycles. The van der Waals surface area contributed by atoms with Crippen LogP contribution < -0.4 is 0 Å². The van der Waals surface area contributed by atoms with E-state index in [0.29, 0.717) is 0 Å². The molecule has 0 radical (unpaired) electrons. The number of hydrogen-bond acceptors (Lipinski definition) is 6. The lowest BCUT2D eigenvalue weighted by Crippen LogP contribution is -2.51. The molecule has 140 valence electrons. The largest absolute Gasteiger partial charge is 0.459 e. The van der Waals surface area contributed by atoms with E-state index in [1.54, 1.807) is 20.8 Å². The number of amides is 2. The predicted octanol–water partition coefficient (Wildman–Crippen LogP) is 2.28. The van der Waals surface area contributed by atoms with E-state index in [4.69, 9.17) is 14.2 Å². The minimum absolute atomic E-state index is 0.0794. The molecule has 0 saturated carbocycles. The van der Waals surface area contributed by atoms with Crippen molar-refractivity contribution in [2.75, 3.05) is 13.2 Å². The zero-order valence-electron chi connectivity index (χ0n) is 15.2. The van der Waals surface area contributed by atoms with Crippen molar-refractivity contribution in [2.45, 2.75) is 45.4 Å². The van der Waals surface area contributed by atoms with E-state index >= 15 is 0 Å². The lowest BCUT2D eigenvalue weighted by Gasteiger charge is -2.35. The number of imide groups is 1. The van der Waals surface area contributed by atoms with Gasteiger partial charge in [0.05, 0.1) is 18.6 Å². The van der Waals surface area contributed by atoms with Crippen LogP contribution in [-0.4, -0.2) is 47.7 Å². The third-order valence-electron chi connectivity index (χ3n) is 4.41. The minimum Gasteiger partial charge on any atom is -0.459 e. The summed E-state index contributed by atoms with van der Waals surface area (Å²) in [6.07, 6.45) is -0.633. The van der Waals surface area contributed by atoms with Gasteiger partial charge in [0.15, 0.2) is 0 Å². The van der Waals surface area contributed by atoms with Crippen LogP contribution in [0.15, 0.2) is 30.3 Å². The van der Waals surface area contributed by atoms with Crippen molar-refractivity contribution in [3.05, 3.63) is 35.9 Å². The molecule has 1 aromatic rings. The van der Waals surface area contributed by atoms with Crippen molar-refractivity contribution in [1.29, 1.82) is 0 Å². The van der Waals surface area contributed by atoms with Crippen LogP contribution in [0.4, 0.5) is 4.79 Å². The first-order chi connectivity index (χ1) is 12.2. The molecule has 1 atom stereocenters. The summed E-state index contributed by atoms with van der Waals surface area (Å²) in [6, 6.07) is 8.22. The van der Waals surface area contributed by atoms with Crippen LogP contribution >= 0.6 is 0 Å². The Bertz CT molecular complexity index is 704. The summed E-state index contributed by atoms with van der Waals surface area (Å²) >= 11 is 0. The van der Waals surface area contributed by atoms with E-state index in [-0.39, 0.29) is 26.2 Å². The van der Waals surface area contributed by atoms with Crippen molar-refractivity contribution in [2.24, 2.45) is 5.41 Å². The third-order valence-corrected chi connectivity index (χ3v) is 4.41. The maximum atomic E-state index is 12.8. The quantitative estimate of drug-likeness (QED) is 0.768. The molecule has 1 unspecified atom stereocenters. The molecule has 7 nitrogen and oxygen atoms in total. The Balaban J connectivity index is 1.74. The molecule has 2 fully saturated rings. The molecule has 0 aromatic heterocycles. The first-order valence-corrected chi connectivity index (χ1v) is 8.57. The molecule has 2 aliphatic heterocycles. The monoisotopic (exact) mass is 361 g/mol. The van der Waals surface area contributed by atoms with Gasteiger partial charge in [-0.3, -0.25) is 4.79 Å². The van der Waals surface area contributed by atoms with Gasteiger partial charge in [-0.2, -0.15) is 0 Å². The molecule has 3 rings (SSSR count). The highest BCUT2D eigenvalue weighted by Gasteiger charge is 2.61. The van der Waals surface area contributed by atoms with Crippen LogP contribution in [0, 0.1) is 5.41 Å². The Morgan fingerprint density at radius 3 is 2.42 bits per heavy atom. The van der Waals surface area contributed by atoms with Crippen LogP contribution in [0.1, 0.15) is 32.8 Å². The first kappa shape index (κ1) is 18.4. The molecular formula is C19H23NO6. The SMILES string of the molecule is CC(C)(C)OC(=O)N1C(=O)C2(COC2)CC1C(=O)OCc1ccccc1. The van der Waals surface area contributed by atoms with Crippen molar-refractivity contribution < 1.29 is 28.6 Å². The molecule has 2 heterocycles. The molecule has 0 aliphatic carbocycles. The Hall–Kier alpha value is -2.41. The predicted molar refractivity (Wildman–Crippen MR) is 91.0 cm³/mol. The summed E-state index contributed by atoms with van der Waals surface area (Å²) in [5.74, 6) is -1.04. The first-order valence-electron chi connectivity index (χ1n) is 8.57. The number of nitrogens with zero attached hydrogens (tertiary/aromatic N) is 1. The summed E-state index contributed by atoms with van der Waals surface area (Å²) in [4.78, 5) is 38.8. The van der Waals surface area contributed by atoms with E-state index in [9.17, 15) is 14.4 Å². The van der Waals surface area contributed by atoms with Gasteiger partial charge in [-0.05, 0) is 32.8 Å². The van der Waals surface area contributed by atoms with Crippen molar-refractivity contribution in [3.63, 3.8) is 0 Å². The smallest absolute Gasteiger partial charge is 0.417 e. The Kier molecular flexibility index (Phi) is 4.75. The average Bonchev–Trinajstić information content (AvgIpc) is 2.86. The maximum absolute atomic E-state index is 12.8. The number of hydrogen-bond donors (Lipinski definition) is 0. The highest BCUT2D eigenvalue weighted by Crippen LogP contribution is 2.43. The number of likely N-dealkylation sites (tertiary alicyclic amines) is 1. The van der Waals surface area contributed by atoms with E-state index in [1.807, 2.05) is 30.3 Å². The van der Waals surface area contributed by atoms with Gasteiger partial charge in [-0.15, -0.1) is 0 Å². The van der Waals surface area contributed by atoms with Gasteiger partial charge in [0.1, 0.15) is 18.2 Å². The molecule has 0 bridgehead atoms. The number of benzene rings is 1. The van der Waals surface area contributed by atoms with Crippen LogP contribution in [-0.2, 0) is 30.4 Å². The summed E-state index contributed by atoms with van der Waals surface area (Å²) in [7, 11) is 0. The average molecular weight is 361 g/mol. The van der Waals surface area contributed by atoms with Crippen molar-refractivity contribution in [3.8, 4) is 0 Å². The van der Waals surface area contributed by atoms with E-state index in [0.717, 1.165) is 10.5 Å². The molecule has 7 heteroatoms. The molecular weight excluding hydrogens is 338 g/mol. The molecule has 1 spiro atoms. The number of ether oxygens (including phenoxy) is 3. The maximum Gasteiger partial charge on any atom is 0.417 e. The van der Waals surface area contributed by atoms with Gasteiger partial charge in [-0.1, -0.05) is 30.3 Å². The van der Waals surface area contributed by atoms with E-state index in [1.165, 1.54) is 0 Å². The molecule has 0 N–H and O–H groups in total. The fourth-order valence-electron chi connectivity index (χ4n) is 3.07. The molecule has 2 saturated heterocycles. The zero-order chi connectivity index (χ0) is 18.9. The second-order valence-corrected chi connectivity index (χ2v) is 7.74. The van der Waals surface area contributed by atoms with E-state index in [2.05, 4.69) is 0 Å². The summed E-state index contributed by atoms with van der Waals surface area (Å²) in [5.41, 5.74) is -0.773. The van der Waals surface area contributed by atoms with Gasteiger partial charge in [-0.25, -0.2) is 14.5 Å². The summed E-state index contributed by atoms with van der Waals surface area (Å²) < 4.78 is 15.8. The third kappa shape index (κ3) is 3.58. The number of carbonyl (C=O) groups excluding carboxylic acids is 3. The Morgan fingerprint density at radius 2 is 1.88 bits per heavy atom. The zero-order valence-corrected chi connectivity index (χ0v) is 15.2. The fraction of sp³-hybridized carbons (Fsp3) is 0.526. The minimum atomic E-state index is -0.995. The summed E-state index contributed by atoms with van der Waals surface area (Å²) in [5, 5.41) is 0. The van der Waals surface area contributed by atoms with E-state index < -0.39 is 35.0 Å². The van der Waals surface area contributed by atoms with Crippen molar-refractivity contribution in [1.82, 2.24) is 4.90 Å². The lowest BCUT2D eigenvalue weighted by molar-refractivity contribution is -0.161. The highest BCUT2D eigenvalue weighted by molar-refractivity contribution is 6.03. The van der Waals surface area contributed by atoms with Gasteiger partial charge in [0, 0.05) is 0 Å². The molecule has 2 amide bonds. The summed E-state index contributed by atoms with van der Waals surface area (Å²) in [6.45, 7) is 5.60. The van der Waals surface area contributed by atoms with Gasteiger partial charge >= 0.3 is 12.1 Å². The number of rotatable bonds is 3. The topological polar surface area (TPSA) is 82.1 Å². The second-order valence-electron chi connectivity index (χ2n) is 7.74. The second kappa shape index (κ2) is 6.72. The van der Waals surface area contributed by atoms with Crippen molar-refractivity contribution >= 4 is 18.0 Å². The Labute approximate surface area is 152 Å². The van der Waals surface area contributed by atoms with Crippen LogP contribution in [0.25, 0.3) is 0 Å². The van der Waals surface area contributed by atoms with Crippen LogP contribution in [0.3, 0.4) is 0 Å². The fourth-order valence-corrected chi connectivity index (χ4v) is 3.07. The standard InChI is InChI=1S/C19H23NO6/c1-18(2,3)26-17(23)20-14(9-19(16(20)22)11-24-12-19)15(21)25-10-13-7-5-4-6-8-13/h4-8,14H,9-12H2,1-3H3. The van der Waals surface area contributed by atoms with Gasteiger partial charge < -0.3 is 14.2 Å². The Morgan fingerprint density at radius 1 is 1.23 bits per heavy atom. The van der Waals surface area contributed by atoms with Crippen LogP contribution in [0.2, 0.25) is 0 Å². The molecule has 26 heavy (non-hydrogen) atoms. The number of esters is 1. The lowest BCUT2D eigenvalue weighted by atomic mass is 9.83. The van der Waals surface area contributed by atoms with Gasteiger partial charge in [0.25, 0.3) is 0 Å². The number of carbonyl (C=O) groups is 3. The molecule has 2 aliphatic rings. The highest BCUT2D eigenvalue weighted by atomic mass is 16.6. The van der Waals surface area contributed by atoms with Gasteiger partial charge in [0.2, 0.25) is 5.91 Å². The van der Waals surface area contributed by atoms with Crippen LogP contribution in [0.5, 0.6) is 0 Å². The normalized spacial score (nSPS) is 21.4.